The molecule has 0 saturated heterocycles. The minimum atomic E-state index is -0.927. The number of aromatic hydroxyl groups is 1. The van der Waals surface area contributed by atoms with Crippen molar-refractivity contribution in [2.24, 2.45) is 0 Å². The lowest BCUT2D eigenvalue weighted by Crippen LogP contribution is -2.27. The Morgan fingerprint density at radius 2 is 1.85 bits per heavy atom. The van der Waals surface area contributed by atoms with Crippen molar-refractivity contribution in [2.75, 3.05) is 6.61 Å². The van der Waals surface area contributed by atoms with Crippen molar-refractivity contribution in [1.82, 2.24) is 4.57 Å². The number of benzene rings is 2. The number of carbonyl (C=O) groups is 1. The van der Waals surface area contributed by atoms with E-state index in [4.69, 9.17) is 9.84 Å². The normalized spacial score (nSPS) is 11.9. The monoisotopic (exact) mass is 467 g/mol. The fraction of sp³-hybridized carbons (Fsp3) is 0.269. The summed E-state index contributed by atoms with van der Waals surface area (Å²) in [6, 6.07) is 15.1. The van der Waals surface area contributed by atoms with Gasteiger partial charge in [-0.3, -0.25) is 0 Å². The van der Waals surface area contributed by atoms with Gasteiger partial charge in [0.05, 0.1) is 17.8 Å². The Morgan fingerprint density at radius 1 is 1.12 bits per heavy atom. The molecule has 0 atom stereocenters. The number of carboxylic acids is 1. The molecule has 0 aliphatic rings. The number of rotatable bonds is 8. The molecule has 4 rings (SSSR count). The van der Waals surface area contributed by atoms with Gasteiger partial charge in [-0.05, 0) is 74.4 Å². The lowest BCUT2D eigenvalue weighted by molar-refractivity contribution is -0.0243. The molecule has 0 bridgehead atoms. The highest BCUT2D eigenvalue weighted by atomic mass is 32.1. The topological polar surface area (TPSA) is 71.7 Å². The zero-order chi connectivity index (χ0) is 23.8. The number of carboxylic acid groups (broad SMARTS) is 1. The number of phenols is 1. The summed E-state index contributed by atoms with van der Waals surface area (Å²) >= 11 is 1.25. The molecule has 2 aromatic carbocycles. The van der Waals surface area contributed by atoms with Crippen LogP contribution < -0.4 is 0 Å². The standard InChI is InChI=1S/C26H26FNO4S/c1-4-19-23-20(6-5-7-21(23)29)28(17-10-8-16(27)9-11-17)24(19)26(2,3)32-15-14-18-12-13-22(33-18)25(30)31/h5-13,29H,4,14-15H2,1-3H3,(H,30,31). The molecule has 7 heteroatoms. The Kier molecular flexibility index (Phi) is 6.28. The summed E-state index contributed by atoms with van der Waals surface area (Å²) in [5.74, 6) is -1.05. The first kappa shape index (κ1) is 23.0. The Hall–Kier alpha value is -3.16. The van der Waals surface area contributed by atoms with Gasteiger partial charge in [0.25, 0.3) is 0 Å². The molecule has 5 nitrogen and oxygen atoms in total. The smallest absolute Gasteiger partial charge is 0.345 e. The van der Waals surface area contributed by atoms with Gasteiger partial charge in [0.2, 0.25) is 0 Å². The van der Waals surface area contributed by atoms with E-state index in [1.165, 1.54) is 23.5 Å². The maximum Gasteiger partial charge on any atom is 0.345 e. The molecule has 0 aliphatic carbocycles. The molecule has 2 N–H and O–H groups in total. The van der Waals surface area contributed by atoms with Crippen LogP contribution in [0.15, 0.2) is 54.6 Å². The summed E-state index contributed by atoms with van der Waals surface area (Å²) < 4.78 is 22.1. The van der Waals surface area contributed by atoms with Gasteiger partial charge in [-0.25, -0.2) is 9.18 Å². The van der Waals surface area contributed by atoms with E-state index in [2.05, 4.69) is 0 Å². The van der Waals surface area contributed by atoms with E-state index >= 15 is 0 Å². The quantitative estimate of drug-likeness (QED) is 0.319. The number of ether oxygens (including phenoxy) is 1. The van der Waals surface area contributed by atoms with E-state index in [1.807, 2.05) is 37.5 Å². The van der Waals surface area contributed by atoms with Crippen molar-refractivity contribution in [3.05, 3.63) is 81.4 Å². The Bertz CT molecular complexity index is 1300. The van der Waals surface area contributed by atoms with Gasteiger partial charge in [0.15, 0.2) is 0 Å². The number of nitrogens with zero attached hydrogens (tertiary/aromatic N) is 1. The molecule has 0 aliphatic heterocycles. The molecular weight excluding hydrogens is 441 g/mol. The molecule has 2 heterocycles. The predicted molar refractivity (Wildman–Crippen MR) is 128 cm³/mol. The lowest BCUT2D eigenvalue weighted by Gasteiger charge is -2.29. The number of aryl methyl sites for hydroxylation is 1. The van der Waals surface area contributed by atoms with Crippen molar-refractivity contribution >= 4 is 28.2 Å². The molecular formula is C26H26FNO4S. The average Bonchev–Trinajstić information content (AvgIpc) is 3.38. The largest absolute Gasteiger partial charge is 0.507 e. The number of aromatic nitrogens is 1. The maximum absolute atomic E-state index is 13.7. The molecule has 0 fully saturated rings. The number of halogens is 1. The number of phenolic OH excluding ortho intramolecular Hbond substituents is 1. The van der Waals surface area contributed by atoms with Crippen LogP contribution in [0.3, 0.4) is 0 Å². The van der Waals surface area contributed by atoms with Crippen LogP contribution in [0.25, 0.3) is 16.6 Å². The second-order valence-corrected chi connectivity index (χ2v) is 9.51. The van der Waals surface area contributed by atoms with Gasteiger partial charge in [0.1, 0.15) is 22.0 Å². The highest BCUT2D eigenvalue weighted by molar-refractivity contribution is 7.13. The fourth-order valence-corrected chi connectivity index (χ4v) is 5.16. The second kappa shape index (κ2) is 9.00. The van der Waals surface area contributed by atoms with Crippen LogP contribution in [0.1, 0.15) is 46.6 Å². The van der Waals surface area contributed by atoms with Crippen molar-refractivity contribution < 1.29 is 24.1 Å². The number of fused-ring (bicyclic) bond motifs is 1. The lowest BCUT2D eigenvalue weighted by atomic mass is 9.96. The zero-order valence-electron chi connectivity index (χ0n) is 18.8. The van der Waals surface area contributed by atoms with Crippen LogP contribution in [0.4, 0.5) is 4.39 Å². The van der Waals surface area contributed by atoms with Crippen molar-refractivity contribution in [3.63, 3.8) is 0 Å². The molecule has 0 amide bonds. The molecule has 33 heavy (non-hydrogen) atoms. The zero-order valence-corrected chi connectivity index (χ0v) is 19.6. The average molecular weight is 468 g/mol. The summed E-state index contributed by atoms with van der Waals surface area (Å²) in [7, 11) is 0. The van der Waals surface area contributed by atoms with Crippen molar-refractivity contribution in [1.29, 1.82) is 0 Å². The summed E-state index contributed by atoms with van der Waals surface area (Å²) in [6.07, 6.45) is 1.27. The molecule has 0 spiro atoms. The van der Waals surface area contributed by atoms with Crippen LogP contribution in [-0.2, 0) is 23.2 Å². The number of hydrogen-bond donors (Lipinski definition) is 2. The first-order valence-electron chi connectivity index (χ1n) is 10.8. The first-order chi connectivity index (χ1) is 15.7. The van der Waals surface area contributed by atoms with Crippen LogP contribution >= 0.6 is 11.3 Å². The van der Waals surface area contributed by atoms with Gasteiger partial charge in [0, 0.05) is 22.4 Å². The maximum atomic E-state index is 13.7. The number of aromatic carboxylic acids is 1. The van der Waals surface area contributed by atoms with E-state index in [0.29, 0.717) is 24.3 Å². The van der Waals surface area contributed by atoms with E-state index in [1.54, 1.807) is 30.3 Å². The Balaban J connectivity index is 1.75. The van der Waals surface area contributed by atoms with Gasteiger partial charge >= 0.3 is 5.97 Å². The van der Waals surface area contributed by atoms with Crippen LogP contribution in [0.5, 0.6) is 5.75 Å². The number of hydrogen-bond acceptors (Lipinski definition) is 4. The molecule has 0 unspecified atom stereocenters. The number of thiophene rings is 1. The summed E-state index contributed by atoms with van der Waals surface area (Å²) in [5, 5.41) is 20.6. The Morgan fingerprint density at radius 3 is 2.48 bits per heavy atom. The first-order valence-corrected chi connectivity index (χ1v) is 11.6. The van der Waals surface area contributed by atoms with Gasteiger partial charge in [-0.1, -0.05) is 13.0 Å². The minimum Gasteiger partial charge on any atom is -0.507 e. The third-order valence-electron chi connectivity index (χ3n) is 5.77. The van der Waals surface area contributed by atoms with Gasteiger partial charge < -0.3 is 19.5 Å². The molecule has 0 saturated carbocycles. The third kappa shape index (κ3) is 4.38. The highest BCUT2D eigenvalue weighted by Gasteiger charge is 2.32. The van der Waals surface area contributed by atoms with Crippen LogP contribution in [0, 0.1) is 5.82 Å². The van der Waals surface area contributed by atoms with E-state index in [0.717, 1.165) is 32.7 Å². The van der Waals surface area contributed by atoms with E-state index < -0.39 is 11.6 Å². The molecule has 2 aromatic heterocycles. The SMILES string of the molecule is CCc1c(C(C)(C)OCCc2ccc(C(=O)O)s2)n(-c2ccc(F)cc2)c2cccc(O)c12. The molecule has 4 aromatic rings. The van der Waals surface area contributed by atoms with Crippen molar-refractivity contribution in [2.45, 2.75) is 39.2 Å². The minimum absolute atomic E-state index is 0.196. The Labute approximate surface area is 195 Å². The van der Waals surface area contributed by atoms with Crippen LogP contribution in [-0.4, -0.2) is 27.4 Å². The van der Waals surface area contributed by atoms with Crippen LogP contribution in [0.2, 0.25) is 0 Å². The molecule has 172 valence electrons. The second-order valence-electron chi connectivity index (χ2n) is 8.34. The third-order valence-corrected chi connectivity index (χ3v) is 6.90. The van der Waals surface area contributed by atoms with Crippen molar-refractivity contribution in [3.8, 4) is 11.4 Å². The van der Waals surface area contributed by atoms with E-state index in [9.17, 15) is 14.3 Å². The predicted octanol–water partition coefficient (Wildman–Crippen LogP) is 6.29. The summed E-state index contributed by atoms with van der Waals surface area (Å²) in [5.41, 5.74) is 2.74. The summed E-state index contributed by atoms with van der Waals surface area (Å²) in [4.78, 5) is 12.4. The van der Waals surface area contributed by atoms with Gasteiger partial charge in [-0.15, -0.1) is 11.3 Å². The van der Waals surface area contributed by atoms with Gasteiger partial charge in [-0.2, -0.15) is 0 Å². The highest BCUT2D eigenvalue weighted by Crippen LogP contribution is 2.41. The molecule has 0 radical (unpaired) electrons. The fourth-order valence-electron chi connectivity index (χ4n) is 4.34. The summed E-state index contributed by atoms with van der Waals surface area (Å²) in [6.45, 7) is 6.39. The van der Waals surface area contributed by atoms with E-state index in [-0.39, 0.29) is 11.6 Å².